The number of hydrogen-bond acceptors (Lipinski definition) is 6. The number of ether oxygens (including phenoxy) is 1. The van der Waals surface area contributed by atoms with Crippen LogP contribution in [-0.4, -0.2) is 42.9 Å². The molecule has 0 saturated carbocycles. The highest BCUT2D eigenvalue weighted by molar-refractivity contribution is 7.92. The molecule has 12 heteroatoms. The second-order valence-electron chi connectivity index (χ2n) is 6.41. The number of sulfonamides is 1. The number of halogens is 3. The fourth-order valence-corrected chi connectivity index (χ4v) is 4.13. The number of rotatable bonds is 4. The first kappa shape index (κ1) is 20.7. The Hall–Kier alpha value is -3.02. The van der Waals surface area contributed by atoms with E-state index in [4.69, 9.17) is 0 Å². The van der Waals surface area contributed by atoms with E-state index in [0.29, 0.717) is 10.5 Å². The summed E-state index contributed by atoms with van der Waals surface area (Å²) < 4.78 is 71.3. The predicted molar refractivity (Wildman–Crippen MR) is 96.2 cm³/mol. The third kappa shape index (κ3) is 3.92. The molecule has 8 nitrogen and oxygen atoms in total. The van der Waals surface area contributed by atoms with Gasteiger partial charge in [0.2, 0.25) is 6.10 Å². The van der Waals surface area contributed by atoms with Gasteiger partial charge in [-0.25, -0.2) is 18.2 Å². The number of carbonyl (C=O) groups excluding carboxylic acids is 1. The number of nitrogens with zero attached hydrogens (tertiary/aromatic N) is 2. The van der Waals surface area contributed by atoms with Crippen molar-refractivity contribution in [3.05, 3.63) is 42.1 Å². The van der Waals surface area contributed by atoms with Crippen LogP contribution in [0.15, 0.2) is 41.4 Å². The number of anilines is 2. The minimum Gasteiger partial charge on any atom is -0.507 e. The number of amides is 1. The van der Waals surface area contributed by atoms with Crippen LogP contribution in [0.2, 0.25) is 0 Å². The van der Waals surface area contributed by atoms with Crippen LogP contribution < -0.4 is 9.62 Å². The molecule has 0 spiro atoms. The van der Waals surface area contributed by atoms with Crippen LogP contribution >= 0.6 is 0 Å². The zero-order valence-corrected chi connectivity index (χ0v) is 16.0. The number of nitrogens with one attached hydrogen (secondary N) is 1. The molecular formula is C17H16F3N3O5S. The zero-order valence-electron chi connectivity index (χ0n) is 15.1. The van der Waals surface area contributed by atoms with Crippen LogP contribution in [0.1, 0.15) is 12.5 Å². The average molecular weight is 431 g/mol. The molecule has 156 valence electrons. The van der Waals surface area contributed by atoms with Crippen LogP contribution in [0.25, 0.3) is 0 Å². The standard InChI is InChI=1S/C17H16F3N3O5S/c1-9-5-6-12(24)13(8-9)29(26,27)22-11-4-3-7-21-15(11)23-10(2)14(17(18,19)20)28-16(23)25/h3-8,10,14,22,24H,1-2H3/t10-,14-/m0/s1. The number of aromatic nitrogens is 1. The van der Waals surface area contributed by atoms with Crippen LogP contribution in [0.4, 0.5) is 29.5 Å². The maximum atomic E-state index is 13.1. The average Bonchev–Trinajstić information content (AvgIpc) is 2.92. The van der Waals surface area contributed by atoms with Gasteiger partial charge in [-0.15, -0.1) is 0 Å². The molecule has 2 aromatic rings. The number of pyridine rings is 1. The quantitative estimate of drug-likeness (QED) is 0.770. The molecule has 1 aromatic heterocycles. The molecule has 29 heavy (non-hydrogen) atoms. The summed E-state index contributed by atoms with van der Waals surface area (Å²) in [6, 6.07) is 5.01. The smallest absolute Gasteiger partial charge is 0.427 e. The highest BCUT2D eigenvalue weighted by Gasteiger charge is 2.55. The fraction of sp³-hybridized carbons (Fsp3) is 0.294. The molecule has 2 N–H and O–H groups in total. The number of aromatic hydroxyl groups is 1. The van der Waals surface area contributed by atoms with Crippen molar-refractivity contribution in [1.29, 1.82) is 0 Å². The second-order valence-corrected chi connectivity index (χ2v) is 8.06. The van der Waals surface area contributed by atoms with Gasteiger partial charge in [0, 0.05) is 6.20 Å². The van der Waals surface area contributed by atoms with Gasteiger partial charge >= 0.3 is 12.3 Å². The van der Waals surface area contributed by atoms with Crippen molar-refractivity contribution in [2.75, 3.05) is 9.62 Å². The normalized spacial score (nSPS) is 19.9. The third-order valence-electron chi connectivity index (χ3n) is 4.26. The van der Waals surface area contributed by atoms with E-state index in [1.807, 2.05) is 0 Å². The van der Waals surface area contributed by atoms with Crippen molar-refractivity contribution >= 4 is 27.6 Å². The zero-order chi connectivity index (χ0) is 21.6. The molecule has 0 radical (unpaired) electrons. The molecular weight excluding hydrogens is 415 g/mol. The van der Waals surface area contributed by atoms with Crippen LogP contribution in [-0.2, 0) is 14.8 Å². The summed E-state index contributed by atoms with van der Waals surface area (Å²) in [6.07, 6.45) is -7.30. The Bertz CT molecular complexity index is 1060. The van der Waals surface area contributed by atoms with E-state index in [-0.39, 0.29) is 11.5 Å². The van der Waals surface area contributed by atoms with E-state index >= 15 is 0 Å². The summed E-state index contributed by atoms with van der Waals surface area (Å²) in [6.45, 7) is 2.73. The molecule has 1 amide bonds. The van der Waals surface area contributed by atoms with E-state index < -0.39 is 45.1 Å². The summed E-state index contributed by atoms with van der Waals surface area (Å²) in [4.78, 5) is 16.1. The number of phenolic OH excluding ortho intramolecular Hbond substituents is 1. The van der Waals surface area contributed by atoms with E-state index in [2.05, 4.69) is 14.4 Å². The van der Waals surface area contributed by atoms with Gasteiger partial charge in [-0.2, -0.15) is 13.2 Å². The third-order valence-corrected chi connectivity index (χ3v) is 5.65. The maximum Gasteiger partial charge on any atom is 0.427 e. The topological polar surface area (TPSA) is 109 Å². The van der Waals surface area contributed by atoms with E-state index in [1.165, 1.54) is 36.5 Å². The number of hydrogen-bond donors (Lipinski definition) is 2. The summed E-state index contributed by atoms with van der Waals surface area (Å²) >= 11 is 0. The monoisotopic (exact) mass is 431 g/mol. The van der Waals surface area contributed by atoms with Crippen molar-refractivity contribution in [3.8, 4) is 5.75 Å². The SMILES string of the molecule is Cc1ccc(O)c(S(=O)(=O)Nc2cccnc2N2C(=O)O[C@H](C(F)(F)F)[C@@H]2C)c1. The summed E-state index contributed by atoms with van der Waals surface area (Å²) in [5.74, 6) is -0.868. The Morgan fingerprint density at radius 2 is 1.97 bits per heavy atom. The molecule has 1 saturated heterocycles. The van der Waals surface area contributed by atoms with Gasteiger partial charge in [-0.3, -0.25) is 9.62 Å². The Morgan fingerprint density at radius 3 is 2.59 bits per heavy atom. The van der Waals surface area contributed by atoms with Gasteiger partial charge in [0.05, 0.1) is 11.7 Å². The number of aryl methyl sites for hydroxylation is 1. The van der Waals surface area contributed by atoms with E-state index in [0.717, 1.165) is 6.92 Å². The lowest BCUT2D eigenvalue weighted by Gasteiger charge is -2.23. The van der Waals surface area contributed by atoms with Crippen molar-refractivity contribution in [2.24, 2.45) is 0 Å². The van der Waals surface area contributed by atoms with E-state index in [9.17, 15) is 31.5 Å². The maximum absolute atomic E-state index is 13.1. The summed E-state index contributed by atoms with van der Waals surface area (Å²) in [5.41, 5.74) is 0.305. The highest BCUT2D eigenvalue weighted by atomic mass is 32.2. The summed E-state index contributed by atoms with van der Waals surface area (Å²) in [7, 11) is -4.34. The molecule has 2 atom stereocenters. The van der Waals surface area contributed by atoms with Crippen molar-refractivity contribution in [3.63, 3.8) is 0 Å². The lowest BCUT2D eigenvalue weighted by Crippen LogP contribution is -2.41. The minimum absolute atomic E-state index is 0.250. The van der Waals surface area contributed by atoms with Crippen molar-refractivity contribution in [1.82, 2.24) is 4.98 Å². The Labute approximate surface area is 164 Å². The van der Waals surface area contributed by atoms with Crippen molar-refractivity contribution in [2.45, 2.75) is 37.1 Å². The molecule has 1 aliphatic heterocycles. The molecule has 1 fully saturated rings. The molecule has 0 aliphatic carbocycles. The van der Waals surface area contributed by atoms with Gasteiger partial charge in [-0.05, 0) is 43.7 Å². The van der Waals surface area contributed by atoms with Crippen LogP contribution in [0, 0.1) is 6.92 Å². The van der Waals surface area contributed by atoms with Gasteiger partial charge in [0.25, 0.3) is 10.0 Å². The molecule has 3 rings (SSSR count). The van der Waals surface area contributed by atoms with Crippen LogP contribution in [0.3, 0.4) is 0 Å². The Kier molecular flexibility index (Phi) is 5.07. The number of carbonyl (C=O) groups is 1. The first-order valence-corrected chi connectivity index (χ1v) is 9.74. The number of benzene rings is 1. The first-order chi connectivity index (χ1) is 13.4. The van der Waals surface area contributed by atoms with Gasteiger partial charge in [-0.1, -0.05) is 6.07 Å². The van der Waals surface area contributed by atoms with Crippen molar-refractivity contribution < 1.29 is 36.2 Å². The Balaban J connectivity index is 2.00. The predicted octanol–water partition coefficient (Wildman–Crippen LogP) is 3.17. The van der Waals surface area contributed by atoms with E-state index in [1.54, 1.807) is 6.92 Å². The molecule has 0 bridgehead atoms. The molecule has 1 aromatic carbocycles. The fourth-order valence-electron chi connectivity index (χ4n) is 2.89. The number of phenols is 1. The van der Waals surface area contributed by atoms with Gasteiger partial charge in [0.15, 0.2) is 5.82 Å². The Morgan fingerprint density at radius 1 is 1.28 bits per heavy atom. The highest BCUT2D eigenvalue weighted by Crippen LogP contribution is 2.38. The second kappa shape index (κ2) is 7.10. The van der Waals surface area contributed by atoms with Gasteiger partial charge < -0.3 is 9.84 Å². The number of cyclic esters (lactones) is 1. The minimum atomic E-state index is -4.80. The lowest BCUT2D eigenvalue weighted by atomic mass is 10.1. The molecule has 0 unspecified atom stereocenters. The lowest BCUT2D eigenvalue weighted by molar-refractivity contribution is -0.198. The first-order valence-electron chi connectivity index (χ1n) is 8.26. The molecule has 1 aliphatic rings. The number of alkyl halides is 3. The summed E-state index contributed by atoms with van der Waals surface area (Å²) in [5, 5.41) is 9.89. The largest absolute Gasteiger partial charge is 0.507 e. The van der Waals surface area contributed by atoms with Gasteiger partial charge in [0.1, 0.15) is 10.6 Å². The van der Waals surface area contributed by atoms with Crippen LogP contribution in [0.5, 0.6) is 5.75 Å². The molecule has 2 heterocycles.